The summed E-state index contributed by atoms with van der Waals surface area (Å²) in [7, 11) is 1.59. The maximum atomic E-state index is 12.2. The van der Waals surface area contributed by atoms with E-state index in [4.69, 9.17) is 9.84 Å². The first-order valence-corrected chi connectivity index (χ1v) is 7.50. The van der Waals surface area contributed by atoms with Crippen molar-refractivity contribution >= 4 is 22.6 Å². The normalized spacial score (nSPS) is 12.2. The van der Waals surface area contributed by atoms with E-state index in [1.165, 1.54) is 0 Å². The molecule has 0 aliphatic carbocycles. The minimum Gasteiger partial charge on any atom is -0.497 e. The number of carboxylic acid groups (broad SMARTS) is 1. The van der Waals surface area contributed by atoms with Crippen LogP contribution < -0.4 is 10.1 Å². The highest BCUT2D eigenvalue weighted by Crippen LogP contribution is 2.24. The Kier molecular flexibility index (Phi) is 5.21. The lowest BCUT2D eigenvalue weighted by molar-refractivity contribution is -0.143. The van der Waals surface area contributed by atoms with Crippen LogP contribution >= 0.6 is 0 Å². The number of carboxylic acids is 1. The second-order valence-electron chi connectivity index (χ2n) is 5.81. The quantitative estimate of drug-likeness (QED) is 0.859. The van der Waals surface area contributed by atoms with E-state index in [0.29, 0.717) is 0 Å². The van der Waals surface area contributed by atoms with Gasteiger partial charge >= 0.3 is 5.97 Å². The largest absolute Gasteiger partial charge is 0.497 e. The molecule has 2 rings (SSSR count). The monoisotopic (exact) mass is 315 g/mol. The Morgan fingerprint density at radius 2 is 1.96 bits per heavy atom. The van der Waals surface area contributed by atoms with Gasteiger partial charge in [-0.15, -0.1) is 0 Å². The van der Waals surface area contributed by atoms with Gasteiger partial charge in [0.25, 0.3) is 0 Å². The third kappa shape index (κ3) is 4.00. The van der Waals surface area contributed by atoms with Gasteiger partial charge in [-0.2, -0.15) is 0 Å². The van der Waals surface area contributed by atoms with Crippen molar-refractivity contribution in [1.29, 1.82) is 0 Å². The van der Waals surface area contributed by atoms with E-state index in [0.717, 1.165) is 22.1 Å². The van der Waals surface area contributed by atoms with Crippen LogP contribution in [0.3, 0.4) is 0 Å². The average molecular weight is 315 g/mol. The lowest BCUT2D eigenvalue weighted by atomic mass is 10.0. The number of methoxy groups -OCH3 is 1. The van der Waals surface area contributed by atoms with Crippen LogP contribution in [0.2, 0.25) is 0 Å². The molecule has 0 saturated carbocycles. The molecule has 1 unspecified atom stereocenters. The van der Waals surface area contributed by atoms with Gasteiger partial charge in [-0.05, 0) is 34.4 Å². The molecular weight excluding hydrogens is 294 g/mol. The zero-order valence-corrected chi connectivity index (χ0v) is 13.5. The second-order valence-corrected chi connectivity index (χ2v) is 5.81. The van der Waals surface area contributed by atoms with Crippen molar-refractivity contribution in [2.45, 2.75) is 26.3 Å². The number of rotatable bonds is 6. The van der Waals surface area contributed by atoms with Crippen molar-refractivity contribution in [2.24, 2.45) is 5.92 Å². The SMILES string of the molecule is COc1ccc2cccc(CC(=O)NC(C(=O)O)C(C)C)c2c1. The number of nitrogens with one attached hydrogen (secondary N) is 1. The van der Waals surface area contributed by atoms with Crippen LogP contribution in [0.4, 0.5) is 0 Å². The lowest BCUT2D eigenvalue weighted by Gasteiger charge is -2.18. The predicted molar refractivity (Wildman–Crippen MR) is 88.6 cm³/mol. The first-order chi connectivity index (χ1) is 10.9. The summed E-state index contributed by atoms with van der Waals surface area (Å²) in [5.41, 5.74) is 0.840. The Morgan fingerprint density at radius 1 is 1.22 bits per heavy atom. The number of aliphatic carboxylic acids is 1. The third-order valence-corrected chi connectivity index (χ3v) is 3.78. The third-order valence-electron chi connectivity index (χ3n) is 3.78. The molecule has 5 nitrogen and oxygen atoms in total. The van der Waals surface area contributed by atoms with Crippen molar-refractivity contribution in [3.8, 4) is 5.75 Å². The highest BCUT2D eigenvalue weighted by atomic mass is 16.5. The van der Waals surface area contributed by atoms with Gasteiger partial charge in [0.1, 0.15) is 11.8 Å². The molecule has 0 bridgehead atoms. The van der Waals surface area contributed by atoms with Crippen molar-refractivity contribution in [3.63, 3.8) is 0 Å². The fourth-order valence-electron chi connectivity index (χ4n) is 2.51. The number of carbonyl (C=O) groups excluding carboxylic acids is 1. The van der Waals surface area contributed by atoms with Gasteiger partial charge in [0.05, 0.1) is 13.5 Å². The van der Waals surface area contributed by atoms with Gasteiger partial charge in [-0.25, -0.2) is 4.79 Å². The van der Waals surface area contributed by atoms with Crippen LogP contribution in [0.25, 0.3) is 10.8 Å². The molecule has 0 saturated heterocycles. The lowest BCUT2D eigenvalue weighted by Crippen LogP contribution is -2.44. The number of hydrogen-bond acceptors (Lipinski definition) is 3. The molecule has 0 spiro atoms. The van der Waals surface area contributed by atoms with Crippen LogP contribution in [0.5, 0.6) is 5.75 Å². The Bertz CT molecular complexity index is 724. The highest BCUT2D eigenvalue weighted by Gasteiger charge is 2.23. The van der Waals surface area contributed by atoms with E-state index >= 15 is 0 Å². The van der Waals surface area contributed by atoms with Gasteiger partial charge < -0.3 is 15.2 Å². The molecule has 1 atom stereocenters. The Hall–Kier alpha value is -2.56. The molecule has 23 heavy (non-hydrogen) atoms. The molecule has 1 amide bonds. The van der Waals surface area contributed by atoms with Crippen molar-refractivity contribution < 1.29 is 19.4 Å². The molecule has 0 aliphatic rings. The predicted octanol–water partition coefficient (Wildman–Crippen LogP) is 2.62. The Morgan fingerprint density at radius 3 is 2.57 bits per heavy atom. The zero-order chi connectivity index (χ0) is 17.0. The molecule has 2 aromatic carbocycles. The minimum atomic E-state index is -1.02. The molecule has 0 radical (unpaired) electrons. The van der Waals surface area contributed by atoms with Gasteiger partial charge in [-0.1, -0.05) is 38.1 Å². The number of amides is 1. The fourth-order valence-corrected chi connectivity index (χ4v) is 2.51. The number of ether oxygens (including phenoxy) is 1. The summed E-state index contributed by atoms with van der Waals surface area (Å²) >= 11 is 0. The summed E-state index contributed by atoms with van der Waals surface area (Å²) in [6.45, 7) is 3.53. The molecular formula is C18H21NO4. The highest BCUT2D eigenvalue weighted by molar-refractivity contribution is 5.92. The first kappa shape index (κ1) is 16.8. The van der Waals surface area contributed by atoms with E-state index in [-0.39, 0.29) is 18.2 Å². The molecule has 2 N–H and O–H groups in total. The number of fused-ring (bicyclic) bond motifs is 1. The first-order valence-electron chi connectivity index (χ1n) is 7.50. The molecule has 122 valence electrons. The second kappa shape index (κ2) is 7.13. The summed E-state index contributed by atoms with van der Waals surface area (Å²) in [5.74, 6) is -0.783. The van der Waals surface area contributed by atoms with Gasteiger partial charge in [0.15, 0.2) is 0 Å². The topological polar surface area (TPSA) is 75.6 Å². The van der Waals surface area contributed by atoms with Crippen LogP contribution in [0.15, 0.2) is 36.4 Å². The van der Waals surface area contributed by atoms with E-state index < -0.39 is 12.0 Å². The summed E-state index contributed by atoms with van der Waals surface area (Å²) in [4.78, 5) is 23.4. The number of hydrogen-bond donors (Lipinski definition) is 2. The van der Waals surface area contributed by atoms with Crippen molar-refractivity contribution in [1.82, 2.24) is 5.32 Å². The molecule has 0 heterocycles. The zero-order valence-electron chi connectivity index (χ0n) is 13.5. The molecule has 0 fully saturated rings. The minimum absolute atomic E-state index is 0.126. The molecule has 2 aromatic rings. The summed E-state index contributed by atoms with van der Waals surface area (Å²) in [5, 5.41) is 13.7. The summed E-state index contributed by atoms with van der Waals surface area (Å²) < 4.78 is 5.23. The van der Waals surface area contributed by atoms with Crippen LogP contribution in [-0.4, -0.2) is 30.1 Å². The maximum absolute atomic E-state index is 12.2. The van der Waals surface area contributed by atoms with E-state index in [1.807, 2.05) is 36.4 Å². The number of benzene rings is 2. The number of carbonyl (C=O) groups is 2. The Labute approximate surface area is 135 Å². The van der Waals surface area contributed by atoms with Gasteiger partial charge in [0, 0.05) is 0 Å². The summed E-state index contributed by atoms with van der Waals surface area (Å²) in [6, 6.07) is 10.5. The smallest absolute Gasteiger partial charge is 0.326 e. The van der Waals surface area contributed by atoms with Gasteiger partial charge in [-0.3, -0.25) is 4.79 Å². The fraction of sp³-hybridized carbons (Fsp3) is 0.333. The van der Waals surface area contributed by atoms with E-state index in [9.17, 15) is 9.59 Å². The van der Waals surface area contributed by atoms with E-state index in [2.05, 4.69) is 5.32 Å². The molecule has 5 heteroatoms. The van der Waals surface area contributed by atoms with Crippen molar-refractivity contribution in [2.75, 3.05) is 7.11 Å². The summed E-state index contributed by atoms with van der Waals surface area (Å²) in [6.07, 6.45) is 0.126. The maximum Gasteiger partial charge on any atom is 0.326 e. The molecule has 0 aromatic heterocycles. The van der Waals surface area contributed by atoms with Gasteiger partial charge in [0.2, 0.25) is 5.91 Å². The standard InChI is InChI=1S/C18H21NO4/c1-11(2)17(18(21)22)19-16(20)9-13-6-4-5-12-7-8-14(23-3)10-15(12)13/h4-8,10-11,17H,9H2,1-3H3,(H,19,20)(H,21,22). The Balaban J connectivity index is 2.24. The van der Waals surface area contributed by atoms with Crippen LogP contribution in [0, 0.1) is 5.92 Å². The molecule has 0 aliphatic heterocycles. The van der Waals surface area contributed by atoms with E-state index in [1.54, 1.807) is 21.0 Å². The average Bonchev–Trinajstić information content (AvgIpc) is 2.52. The van der Waals surface area contributed by atoms with Crippen molar-refractivity contribution in [3.05, 3.63) is 42.0 Å². The van der Waals surface area contributed by atoms with Crippen LogP contribution in [-0.2, 0) is 16.0 Å². The van der Waals surface area contributed by atoms with Crippen LogP contribution in [0.1, 0.15) is 19.4 Å².